The van der Waals surface area contributed by atoms with Crippen LogP contribution in [0.1, 0.15) is 50.8 Å². The fourth-order valence-electron chi connectivity index (χ4n) is 4.44. The van der Waals surface area contributed by atoms with Gasteiger partial charge in [0.05, 0.1) is 25.8 Å². The van der Waals surface area contributed by atoms with Gasteiger partial charge in [-0.1, -0.05) is 19.3 Å². The maximum atomic E-state index is 12.7. The zero-order chi connectivity index (χ0) is 20.1. The van der Waals surface area contributed by atoms with E-state index in [-0.39, 0.29) is 11.8 Å². The Kier molecular flexibility index (Phi) is 6.49. The van der Waals surface area contributed by atoms with E-state index in [0.717, 1.165) is 55.8 Å². The van der Waals surface area contributed by atoms with Crippen LogP contribution in [0.15, 0.2) is 34.9 Å². The van der Waals surface area contributed by atoms with Gasteiger partial charge in [-0.05, 0) is 56.5 Å². The predicted octanol–water partition coefficient (Wildman–Crippen LogP) is 4.01. The molecule has 29 heavy (non-hydrogen) atoms. The number of nitrogens with one attached hydrogen (secondary N) is 1. The third-order valence-corrected chi connectivity index (χ3v) is 6.11. The molecule has 0 spiro atoms. The summed E-state index contributed by atoms with van der Waals surface area (Å²) in [5.74, 6) is 2.57. The van der Waals surface area contributed by atoms with Crippen LogP contribution in [0.4, 0.5) is 0 Å². The molecule has 6 heteroatoms. The van der Waals surface area contributed by atoms with Crippen molar-refractivity contribution in [1.82, 2.24) is 15.2 Å². The quantitative estimate of drug-likeness (QED) is 0.798. The third-order valence-electron chi connectivity index (χ3n) is 6.11. The number of oxazole rings is 1. The molecule has 1 aromatic heterocycles. The molecule has 1 unspecified atom stereocenters. The van der Waals surface area contributed by atoms with Crippen LogP contribution in [-0.4, -0.2) is 42.0 Å². The molecule has 156 valence electrons. The van der Waals surface area contributed by atoms with Crippen LogP contribution in [0.25, 0.3) is 11.3 Å². The predicted molar refractivity (Wildman–Crippen MR) is 112 cm³/mol. The average molecular weight is 398 g/mol. The Hall–Kier alpha value is -2.34. The van der Waals surface area contributed by atoms with E-state index < -0.39 is 0 Å². The Morgan fingerprint density at radius 2 is 1.97 bits per heavy atom. The normalized spacial score (nSPS) is 21.1. The van der Waals surface area contributed by atoms with Gasteiger partial charge in [0.25, 0.3) is 0 Å². The lowest BCUT2D eigenvalue weighted by molar-refractivity contribution is -0.127. The molecule has 1 aliphatic carbocycles. The summed E-state index contributed by atoms with van der Waals surface area (Å²) in [5.41, 5.74) is 0.980. The van der Waals surface area contributed by atoms with Gasteiger partial charge in [0.15, 0.2) is 5.76 Å². The molecule has 2 heterocycles. The summed E-state index contributed by atoms with van der Waals surface area (Å²) in [6, 6.07) is 8.14. The second-order valence-electron chi connectivity index (χ2n) is 8.26. The van der Waals surface area contributed by atoms with Crippen molar-refractivity contribution in [3.8, 4) is 17.1 Å². The number of rotatable bonds is 6. The van der Waals surface area contributed by atoms with Crippen LogP contribution < -0.4 is 10.1 Å². The van der Waals surface area contributed by atoms with Gasteiger partial charge in [0, 0.05) is 18.2 Å². The summed E-state index contributed by atoms with van der Waals surface area (Å²) in [6.45, 7) is 2.40. The first kappa shape index (κ1) is 20.0. The van der Waals surface area contributed by atoms with Crippen molar-refractivity contribution < 1.29 is 13.9 Å². The summed E-state index contributed by atoms with van der Waals surface area (Å²) in [6.07, 6.45) is 9.82. The number of methoxy groups -OCH3 is 1. The van der Waals surface area contributed by atoms with Crippen molar-refractivity contribution in [3.63, 3.8) is 0 Å². The lowest BCUT2D eigenvalue weighted by Gasteiger charge is -2.32. The molecule has 1 saturated heterocycles. The molecule has 0 bridgehead atoms. The van der Waals surface area contributed by atoms with Crippen molar-refractivity contribution in [3.05, 3.63) is 36.4 Å². The highest BCUT2D eigenvalue weighted by atomic mass is 16.5. The summed E-state index contributed by atoms with van der Waals surface area (Å²) in [4.78, 5) is 19.5. The van der Waals surface area contributed by atoms with Crippen LogP contribution >= 0.6 is 0 Å². The minimum absolute atomic E-state index is 0.0710. The fourth-order valence-corrected chi connectivity index (χ4v) is 4.44. The van der Waals surface area contributed by atoms with Gasteiger partial charge in [-0.3, -0.25) is 9.69 Å². The number of carbonyl (C=O) groups is 1. The number of hydrogen-bond donors (Lipinski definition) is 1. The van der Waals surface area contributed by atoms with Crippen molar-refractivity contribution in [2.45, 2.75) is 57.5 Å². The van der Waals surface area contributed by atoms with Gasteiger partial charge in [-0.15, -0.1) is 0 Å². The van der Waals surface area contributed by atoms with Gasteiger partial charge in [-0.25, -0.2) is 4.98 Å². The highest BCUT2D eigenvalue weighted by Gasteiger charge is 2.28. The SMILES string of the molecule is COc1ccc(-c2cnc(CN3CCCC(C(=O)NC4CCCCC4)C3)o2)cc1. The molecule has 4 rings (SSSR count). The number of ether oxygens (including phenoxy) is 1. The lowest BCUT2D eigenvalue weighted by atomic mass is 9.93. The first-order chi connectivity index (χ1) is 14.2. The van der Waals surface area contributed by atoms with Crippen LogP contribution in [-0.2, 0) is 11.3 Å². The Morgan fingerprint density at radius 3 is 2.72 bits per heavy atom. The average Bonchev–Trinajstić information content (AvgIpc) is 3.23. The molecular formula is C23H31N3O3. The first-order valence-corrected chi connectivity index (χ1v) is 10.8. The molecule has 2 aromatic rings. The molecule has 1 atom stereocenters. The number of carbonyl (C=O) groups excluding carboxylic acids is 1. The van der Waals surface area contributed by atoms with Gasteiger partial charge in [-0.2, -0.15) is 0 Å². The van der Waals surface area contributed by atoms with E-state index in [1.54, 1.807) is 13.3 Å². The molecule has 2 fully saturated rings. The van der Waals surface area contributed by atoms with Gasteiger partial charge >= 0.3 is 0 Å². The van der Waals surface area contributed by atoms with Gasteiger partial charge < -0.3 is 14.5 Å². The van der Waals surface area contributed by atoms with E-state index >= 15 is 0 Å². The summed E-state index contributed by atoms with van der Waals surface area (Å²) < 4.78 is 11.2. The van der Waals surface area contributed by atoms with Crippen molar-refractivity contribution >= 4 is 5.91 Å². The Labute approximate surface area is 172 Å². The summed E-state index contributed by atoms with van der Waals surface area (Å²) >= 11 is 0. The maximum Gasteiger partial charge on any atom is 0.224 e. The molecular weight excluding hydrogens is 366 g/mol. The van der Waals surface area contributed by atoms with E-state index in [2.05, 4.69) is 15.2 Å². The van der Waals surface area contributed by atoms with E-state index in [9.17, 15) is 4.79 Å². The maximum absolute atomic E-state index is 12.7. The smallest absolute Gasteiger partial charge is 0.224 e. The number of piperidine rings is 1. The lowest BCUT2D eigenvalue weighted by Crippen LogP contribution is -2.46. The summed E-state index contributed by atoms with van der Waals surface area (Å²) in [7, 11) is 1.66. The standard InChI is InChI=1S/C23H31N3O3/c1-28-20-11-9-17(10-12-20)21-14-24-22(29-21)16-26-13-5-6-18(15-26)23(27)25-19-7-3-2-4-8-19/h9-12,14,18-19H,2-8,13,15-16H2,1H3,(H,25,27). The largest absolute Gasteiger partial charge is 0.497 e. The minimum atomic E-state index is 0.0710. The second-order valence-corrected chi connectivity index (χ2v) is 8.26. The molecule has 2 aliphatic rings. The van der Waals surface area contributed by atoms with Gasteiger partial charge in [0.1, 0.15) is 5.75 Å². The van der Waals surface area contributed by atoms with Crippen LogP contribution in [0.3, 0.4) is 0 Å². The number of amides is 1. The number of hydrogen-bond acceptors (Lipinski definition) is 5. The molecule has 1 amide bonds. The Balaban J connectivity index is 1.32. The zero-order valence-electron chi connectivity index (χ0n) is 17.2. The van der Waals surface area contributed by atoms with E-state index in [4.69, 9.17) is 9.15 Å². The molecule has 1 aliphatic heterocycles. The van der Waals surface area contributed by atoms with Crippen molar-refractivity contribution in [2.24, 2.45) is 5.92 Å². The number of likely N-dealkylation sites (tertiary alicyclic amines) is 1. The van der Waals surface area contributed by atoms with E-state index in [1.165, 1.54) is 19.3 Å². The van der Waals surface area contributed by atoms with Crippen LogP contribution in [0.2, 0.25) is 0 Å². The Bertz CT molecular complexity index is 796. The number of benzene rings is 1. The highest BCUT2D eigenvalue weighted by Crippen LogP contribution is 2.25. The van der Waals surface area contributed by atoms with Crippen molar-refractivity contribution in [2.75, 3.05) is 20.2 Å². The molecule has 1 N–H and O–H groups in total. The summed E-state index contributed by atoms with van der Waals surface area (Å²) in [5, 5.41) is 3.29. The van der Waals surface area contributed by atoms with E-state index in [0.29, 0.717) is 18.5 Å². The number of aromatic nitrogens is 1. The van der Waals surface area contributed by atoms with Crippen molar-refractivity contribution in [1.29, 1.82) is 0 Å². The number of nitrogens with zero attached hydrogens (tertiary/aromatic N) is 2. The third kappa shape index (κ3) is 5.18. The highest BCUT2D eigenvalue weighted by molar-refractivity contribution is 5.79. The minimum Gasteiger partial charge on any atom is -0.497 e. The first-order valence-electron chi connectivity index (χ1n) is 10.8. The molecule has 1 aromatic carbocycles. The topological polar surface area (TPSA) is 67.6 Å². The zero-order valence-corrected chi connectivity index (χ0v) is 17.2. The second kappa shape index (κ2) is 9.44. The molecule has 0 radical (unpaired) electrons. The molecule has 6 nitrogen and oxygen atoms in total. The fraction of sp³-hybridized carbons (Fsp3) is 0.565. The van der Waals surface area contributed by atoms with Gasteiger partial charge in [0.2, 0.25) is 11.8 Å². The van der Waals surface area contributed by atoms with E-state index in [1.807, 2.05) is 24.3 Å². The van der Waals surface area contributed by atoms with Crippen LogP contribution in [0, 0.1) is 5.92 Å². The Morgan fingerprint density at radius 1 is 1.17 bits per heavy atom. The molecule has 1 saturated carbocycles. The monoisotopic (exact) mass is 397 g/mol. The van der Waals surface area contributed by atoms with Crippen LogP contribution in [0.5, 0.6) is 5.75 Å².